The molecule has 0 bridgehead atoms. The minimum atomic E-state index is -3.82. The second-order valence-corrected chi connectivity index (χ2v) is 6.78. The smallest absolute Gasteiger partial charge is 0.241 e. The normalized spacial score (nSPS) is 13.3. The largest absolute Gasteiger partial charge is 0.324 e. The van der Waals surface area contributed by atoms with Gasteiger partial charge in [-0.05, 0) is 43.0 Å². The molecule has 0 aliphatic carbocycles. The van der Waals surface area contributed by atoms with E-state index in [1.165, 1.54) is 12.1 Å². The van der Waals surface area contributed by atoms with Crippen LogP contribution >= 0.6 is 0 Å². The molecule has 1 aromatic rings. The van der Waals surface area contributed by atoms with Gasteiger partial charge < -0.3 is 11.1 Å². The lowest BCUT2D eigenvalue weighted by atomic mass is 10.0. The zero-order valence-electron chi connectivity index (χ0n) is 12.1. The van der Waals surface area contributed by atoms with E-state index in [2.05, 4.69) is 5.32 Å². The highest BCUT2D eigenvalue weighted by Crippen LogP contribution is 2.23. The molecule has 6 nitrogen and oxygen atoms in total. The third-order valence-electron chi connectivity index (χ3n) is 3.25. The minimum absolute atomic E-state index is 0.0159. The molecule has 0 fully saturated rings. The summed E-state index contributed by atoms with van der Waals surface area (Å²) in [7, 11) is -3.82. The SMILES string of the molecule is Cc1cc(S(N)(=O)=O)cc(NC(=O)C(N)C(C)C)c1C. The fourth-order valence-electron chi connectivity index (χ4n) is 1.64. The molecule has 5 N–H and O–H groups in total. The highest BCUT2D eigenvalue weighted by molar-refractivity contribution is 7.89. The first-order valence-corrected chi connectivity index (χ1v) is 7.79. The molecule has 0 aromatic heterocycles. The number of rotatable bonds is 4. The van der Waals surface area contributed by atoms with Crippen LogP contribution in [0.3, 0.4) is 0 Å². The van der Waals surface area contributed by atoms with E-state index in [0.717, 1.165) is 11.1 Å². The van der Waals surface area contributed by atoms with Crippen molar-refractivity contribution in [3.05, 3.63) is 23.3 Å². The maximum Gasteiger partial charge on any atom is 0.241 e. The van der Waals surface area contributed by atoms with E-state index in [1.807, 2.05) is 13.8 Å². The Balaban J connectivity index is 3.19. The summed E-state index contributed by atoms with van der Waals surface area (Å²) in [5.41, 5.74) is 7.68. The summed E-state index contributed by atoms with van der Waals surface area (Å²) in [6, 6.07) is 2.17. The molecule has 0 heterocycles. The molecule has 0 aliphatic rings. The predicted molar refractivity (Wildman–Crippen MR) is 78.7 cm³/mol. The van der Waals surface area contributed by atoms with Crippen LogP contribution in [-0.4, -0.2) is 20.4 Å². The van der Waals surface area contributed by atoms with Gasteiger partial charge in [0.25, 0.3) is 0 Å². The summed E-state index contributed by atoms with van der Waals surface area (Å²) < 4.78 is 22.8. The van der Waals surface area contributed by atoms with Crippen LogP contribution < -0.4 is 16.2 Å². The van der Waals surface area contributed by atoms with Crippen LogP contribution in [0.5, 0.6) is 0 Å². The zero-order valence-corrected chi connectivity index (χ0v) is 12.9. The maximum atomic E-state index is 12.0. The second kappa shape index (κ2) is 5.90. The molecule has 0 saturated carbocycles. The fourth-order valence-corrected chi connectivity index (χ4v) is 2.26. The van der Waals surface area contributed by atoms with E-state index >= 15 is 0 Å². The lowest BCUT2D eigenvalue weighted by Gasteiger charge is -2.18. The van der Waals surface area contributed by atoms with Crippen molar-refractivity contribution in [3.63, 3.8) is 0 Å². The number of nitrogens with two attached hydrogens (primary N) is 2. The third-order valence-corrected chi connectivity index (χ3v) is 4.14. The Bertz CT molecular complexity index is 624. The van der Waals surface area contributed by atoms with Crippen molar-refractivity contribution in [2.45, 2.75) is 38.6 Å². The maximum absolute atomic E-state index is 12.0. The molecule has 1 amide bonds. The molecule has 1 aromatic carbocycles. The highest BCUT2D eigenvalue weighted by atomic mass is 32.2. The van der Waals surface area contributed by atoms with Crippen molar-refractivity contribution in [1.29, 1.82) is 0 Å². The first-order valence-electron chi connectivity index (χ1n) is 6.24. The van der Waals surface area contributed by atoms with E-state index < -0.39 is 16.1 Å². The average molecular weight is 299 g/mol. The summed E-state index contributed by atoms with van der Waals surface area (Å²) in [5.74, 6) is -0.369. The number of sulfonamides is 1. The van der Waals surface area contributed by atoms with Crippen LogP contribution in [0.2, 0.25) is 0 Å². The number of carbonyl (C=O) groups is 1. The average Bonchev–Trinajstić information content (AvgIpc) is 2.32. The number of anilines is 1. The Morgan fingerprint density at radius 2 is 1.80 bits per heavy atom. The predicted octanol–water partition coefficient (Wildman–Crippen LogP) is 0.873. The van der Waals surface area contributed by atoms with Gasteiger partial charge >= 0.3 is 0 Å². The third kappa shape index (κ3) is 3.78. The lowest BCUT2D eigenvalue weighted by Crippen LogP contribution is -2.40. The van der Waals surface area contributed by atoms with Gasteiger partial charge in [-0.1, -0.05) is 13.8 Å². The van der Waals surface area contributed by atoms with Crippen LogP contribution in [0.1, 0.15) is 25.0 Å². The van der Waals surface area contributed by atoms with E-state index in [1.54, 1.807) is 13.8 Å². The Morgan fingerprint density at radius 1 is 1.25 bits per heavy atom. The van der Waals surface area contributed by atoms with Crippen molar-refractivity contribution in [2.24, 2.45) is 16.8 Å². The van der Waals surface area contributed by atoms with Crippen molar-refractivity contribution in [2.75, 3.05) is 5.32 Å². The van der Waals surface area contributed by atoms with Gasteiger partial charge in [0.15, 0.2) is 0 Å². The van der Waals surface area contributed by atoms with Crippen LogP contribution in [0, 0.1) is 19.8 Å². The first-order chi connectivity index (χ1) is 9.04. The Labute approximate surface area is 119 Å². The number of hydrogen-bond donors (Lipinski definition) is 3. The molecule has 1 atom stereocenters. The Kier molecular flexibility index (Phi) is 4.90. The molecule has 1 unspecified atom stereocenters. The van der Waals surface area contributed by atoms with Crippen molar-refractivity contribution >= 4 is 21.6 Å². The summed E-state index contributed by atoms with van der Waals surface area (Å²) >= 11 is 0. The van der Waals surface area contributed by atoms with Gasteiger partial charge in [0.2, 0.25) is 15.9 Å². The van der Waals surface area contributed by atoms with Gasteiger partial charge in [-0.25, -0.2) is 13.6 Å². The number of benzene rings is 1. The van der Waals surface area contributed by atoms with Crippen molar-refractivity contribution in [3.8, 4) is 0 Å². The summed E-state index contributed by atoms with van der Waals surface area (Å²) in [4.78, 5) is 11.9. The van der Waals surface area contributed by atoms with E-state index in [4.69, 9.17) is 10.9 Å². The zero-order chi connectivity index (χ0) is 15.7. The van der Waals surface area contributed by atoms with Gasteiger partial charge in [0, 0.05) is 5.69 Å². The van der Waals surface area contributed by atoms with Gasteiger partial charge in [-0.3, -0.25) is 4.79 Å². The summed E-state index contributed by atoms with van der Waals surface area (Å²) in [6.45, 7) is 7.22. The molecule has 0 saturated heterocycles. The number of hydrogen-bond acceptors (Lipinski definition) is 4. The number of primary sulfonamides is 1. The number of nitrogens with one attached hydrogen (secondary N) is 1. The quantitative estimate of drug-likeness (QED) is 0.765. The van der Waals surface area contributed by atoms with Crippen LogP contribution in [0.15, 0.2) is 17.0 Å². The summed E-state index contributed by atoms with van der Waals surface area (Å²) in [5, 5.41) is 7.78. The van der Waals surface area contributed by atoms with Crippen LogP contribution in [0.4, 0.5) is 5.69 Å². The number of amides is 1. The number of carbonyl (C=O) groups excluding carboxylic acids is 1. The van der Waals surface area contributed by atoms with Gasteiger partial charge in [0.1, 0.15) is 0 Å². The van der Waals surface area contributed by atoms with E-state index in [9.17, 15) is 13.2 Å². The Morgan fingerprint density at radius 3 is 2.25 bits per heavy atom. The minimum Gasteiger partial charge on any atom is -0.324 e. The standard InChI is InChI=1S/C13H21N3O3S/c1-7(2)12(14)13(17)16-11-6-10(20(15,18)19)5-8(3)9(11)4/h5-7,12H,14H2,1-4H3,(H,16,17)(H2,15,18,19). The highest BCUT2D eigenvalue weighted by Gasteiger charge is 2.19. The number of aryl methyl sites for hydroxylation is 1. The van der Waals surface area contributed by atoms with E-state index in [0.29, 0.717) is 5.69 Å². The summed E-state index contributed by atoms with van der Waals surface area (Å²) in [6.07, 6.45) is 0. The molecule has 0 aliphatic heterocycles. The second-order valence-electron chi connectivity index (χ2n) is 5.22. The molecular formula is C13H21N3O3S. The van der Waals surface area contributed by atoms with Gasteiger partial charge in [0.05, 0.1) is 10.9 Å². The molecule has 0 radical (unpaired) electrons. The van der Waals surface area contributed by atoms with Gasteiger partial charge in [-0.2, -0.15) is 0 Å². The van der Waals surface area contributed by atoms with Crippen molar-refractivity contribution in [1.82, 2.24) is 0 Å². The fraction of sp³-hybridized carbons (Fsp3) is 0.462. The Hall–Kier alpha value is -1.44. The van der Waals surface area contributed by atoms with E-state index in [-0.39, 0.29) is 16.7 Å². The molecule has 7 heteroatoms. The topological polar surface area (TPSA) is 115 Å². The molecule has 0 spiro atoms. The van der Waals surface area contributed by atoms with Crippen LogP contribution in [0.25, 0.3) is 0 Å². The van der Waals surface area contributed by atoms with Gasteiger partial charge in [-0.15, -0.1) is 0 Å². The molecule has 1 rings (SSSR count). The first kappa shape index (κ1) is 16.6. The molecular weight excluding hydrogens is 278 g/mol. The molecule has 20 heavy (non-hydrogen) atoms. The van der Waals surface area contributed by atoms with Crippen molar-refractivity contribution < 1.29 is 13.2 Å². The molecule has 112 valence electrons. The monoisotopic (exact) mass is 299 g/mol. The lowest BCUT2D eigenvalue weighted by molar-refractivity contribution is -0.118. The van der Waals surface area contributed by atoms with Crippen LogP contribution in [-0.2, 0) is 14.8 Å².